The third-order valence-electron chi connectivity index (χ3n) is 5.35. The number of hydrogen-bond acceptors (Lipinski definition) is 4. The highest BCUT2D eigenvalue weighted by atomic mass is 32.2. The van der Waals surface area contributed by atoms with Gasteiger partial charge in [-0.3, -0.25) is 4.79 Å². The number of benzene rings is 3. The molecule has 0 N–H and O–H groups in total. The van der Waals surface area contributed by atoms with Crippen molar-refractivity contribution in [2.24, 2.45) is 0 Å². The Hall–Kier alpha value is -2.86. The highest BCUT2D eigenvalue weighted by Crippen LogP contribution is 2.29. The number of carbonyl (C=O) groups excluding carboxylic acids is 1. The van der Waals surface area contributed by atoms with Gasteiger partial charge in [0.25, 0.3) is 5.91 Å². The van der Waals surface area contributed by atoms with Crippen molar-refractivity contribution < 1.29 is 17.9 Å². The molecule has 6 heteroatoms. The molecule has 150 valence electrons. The maximum atomic E-state index is 12.7. The zero-order chi connectivity index (χ0) is 20.3. The van der Waals surface area contributed by atoms with Crippen LogP contribution in [-0.2, 0) is 14.6 Å². The van der Waals surface area contributed by atoms with Crippen LogP contribution >= 0.6 is 0 Å². The van der Waals surface area contributed by atoms with Gasteiger partial charge in [-0.25, -0.2) is 8.42 Å². The summed E-state index contributed by atoms with van der Waals surface area (Å²) < 4.78 is 31.1. The van der Waals surface area contributed by atoms with Crippen LogP contribution in [0.25, 0.3) is 10.8 Å². The van der Waals surface area contributed by atoms with Gasteiger partial charge in [0, 0.05) is 13.1 Å². The summed E-state index contributed by atoms with van der Waals surface area (Å²) in [5.41, 5.74) is 0.786. The predicted molar refractivity (Wildman–Crippen MR) is 114 cm³/mol. The standard InChI is InChI=1S/C23H23NO4S/c25-23(17-28-21-11-10-18-6-4-5-9-20(18)16-21)24-13-12-22(29(26,27)15-14-24)19-7-2-1-3-8-19/h1-11,16,22H,12-15,17H2. The molecule has 3 aromatic rings. The highest BCUT2D eigenvalue weighted by molar-refractivity contribution is 7.91. The lowest BCUT2D eigenvalue weighted by molar-refractivity contribution is -0.133. The SMILES string of the molecule is O=C(COc1ccc2ccccc2c1)N1CCC(c2ccccc2)S(=O)(=O)CC1. The molecule has 0 spiro atoms. The van der Waals surface area contributed by atoms with Crippen molar-refractivity contribution in [2.45, 2.75) is 11.7 Å². The molecule has 4 rings (SSSR count). The third-order valence-corrected chi connectivity index (χ3v) is 7.47. The molecule has 1 fully saturated rings. The van der Waals surface area contributed by atoms with Crippen LogP contribution in [0.1, 0.15) is 17.2 Å². The van der Waals surface area contributed by atoms with Crippen molar-refractivity contribution in [1.29, 1.82) is 0 Å². The van der Waals surface area contributed by atoms with Crippen LogP contribution in [0.4, 0.5) is 0 Å². The Balaban J connectivity index is 1.41. The molecule has 0 aromatic heterocycles. The van der Waals surface area contributed by atoms with Gasteiger partial charge < -0.3 is 9.64 Å². The first-order valence-electron chi connectivity index (χ1n) is 9.69. The van der Waals surface area contributed by atoms with Crippen LogP contribution in [0.2, 0.25) is 0 Å². The van der Waals surface area contributed by atoms with Gasteiger partial charge in [0.15, 0.2) is 16.4 Å². The Kier molecular flexibility index (Phi) is 5.53. The molecule has 29 heavy (non-hydrogen) atoms. The van der Waals surface area contributed by atoms with Gasteiger partial charge in [-0.15, -0.1) is 0 Å². The molecule has 1 aliphatic heterocycles. The van der Waals surface area contributed by atoms with E-state index in [9.17, 15) is 13.2 Å². The summed E-state index contributed by atoms with van der Waals surface area (Å²) in [5.74, 6) is 0.401. The van der Waals surface area contributed by atoms with Crippen LogP contribution in [0.3, 0.4) is 0 Å². The predicted octanol–water partition coefficient (Wildman–Crippen LogP) is 3.61. The van der Waals surface area contributed by atoms with Crippen molar-refractivity contribution in [3.63, 3.8) is 0 Å². The Morgan fingerprint density at radius 3 is 2.45 bits per heavy atom. The number of fused-ring (bicyclic) bond motifs is 1. The van der Waals surface area contributed by atoms with Gasteiger partial charge in [-0.05, 0) is 34.9 Å². The highest BCUT2D eigenvalue weighted by Gasteiger charge is 2.32. The summed E-state index contributed by atoms with van der Waals surface area (Å²) in [6.07, 6.45) is 0.397. The molecule has 1 amide bonds. The van der Waals surface area contributed by atoms with E-state index < -0.39 is 15.1 Å². The van der Waals surface area contributed by atoms with Gasteiger partial charge in [-0.1, -0.05) is 60.7 Å². The third kappa shape index (κ3) is 4.43. The summed E-state index contributed by atoms with van der Waals surface area (Å²) in [5, 5.41) is 1.59. The molecule has 0 bridgehead atoms. The number of rotatable bonds is 4. The largest absolute Gasteiger partial charge is 0.484 e. The van der Waals surface area contributed by atoms with E-state index in [1.807, 2.05) is 72.8 Å². The van der Waals surface area contributed by atoms with Crippen LogP contribution < -0.4 is 4.74 Å². The molecular weight excluding hydrogens is 386 g/mol. The van der Waals surface area contributed by atoms with E-state index in [-0.39, 0.29) is 24.8 Å². The molecule has 1 aliphatic rings. The summed E-state index contributed by atoms with van der Waals surface area (Å²) in [6, 6.07) is 22.9. The number of amides is 1. The molecule has 0 aliphatic carbocycles. The fraction of sp³-hybridized carbons (Fsp3) is 0.261. The normalized spacial score (nSPS) is 18.9. The number of ether oxygens (including phenoxy) is 1. The molecule has 0 radical (unpaired) electrons. The Bertz CT molecular complexity index is 1110. The lowest BCUT2D eigenvalue weighted by Crippen LogP contribution is -2.37. The van der Waals surface area contributed by atoms with E-state index >= 15 is 0 Å². The zero-order valence-corrected chi connectivity index (χ0v) is 16.8. The number of carbonyl (C=O) groups is 1. The van der Waals surface area contributed by atoms with E-state index in [1.165, 1.54) is 0 Å². The van der Waals surface area contributed by atoms with E-state index in [2.05, 4.69) is 0 Å². The topological polar surface area (TPSA) is 63.7 Å². The average molecular weight is 410 g/mol. The second-order valence-electron chi connectivity index (χ2n) is 7.23. The minimum Gasteiger partial charge on any atom is -0.484 e. The van der Waals surface area contributed by atoms with Crippen molar-refractivity contribution in [3.05, 3.63) is 78.4 Å². The molecule has 1 heterocycles. The van der Waals surface area contributed by atoms with Gasteiger partial charge in [0.05, 0.1) is 11.0 Å². The Morgan fingerprint density at radius 1 is 0.931 bits per heavy atom. The lowest BCUT2D eigenvalue weighted by Gasteiger charge is -2.20. The Morgan fingerprint density at radius 2 is 1.66 bits per heavy atom. The number of hydrogen-bond donors (Lipinski definition) is 0. The first-order valence-corrected chi connectivity index (χ1v) is 11.4. The van der Waals surface area contributed by atoms with Crippen molar-refractivity contribution in [1.82, 2.24) is 4.90 Å². The smallest absolute Gasteiger partial charge is 0.260 e. The van der Waals surface area contributed by atoms with Crippen LogP contribution in [0, 0.1) is 0 Å². The van der Waals surface area contributed by atoms with Gasteiger partial charge >= 0.3 is 0 Å². The summed E-state index contributed by atoms with van der Waals surface area (Å²) in [4.78, 5) is 14.2. The van der Waals surface area contributed by atoms with Crippen molar-refractivity contribution >= 4 is 26.5 Å². The molecular formula is C23H23NO4S. The van der Waals surface area contributed by atoms with E-state index in [0.717, 1.165) is 16.3 Å². The molecule has 1 unspecified atom stereocenters. The maximum Gasteiger partial charge on any atom is 0.260 e. The number of sulfone groups is 1. The molecule has 1 saturated heterocycles. The quantitative estimate of drug-likeness (QED) is 0.660. The maximum absolute atomic E-state index is 12.7. The minimum atomic E-state index is -3.31. The Labute approximate surface area is 170 Å². The summed E-state index contributed by atoms with van der Waals surface area (Å²) in [6.45, 7) is 0.499. The summed E-state index contributed by atoms with van der Waals surface area (Å²) >= 11 is 0. The zero-order valence-electron chi connectivity index (χ0n) is 16.0. The molecule has 3 aromatic carbocycles. The molecule has 0 saturated carbocycles. The van der Waals surface area contributed by atoms with E-state index in [1.54, 1.807) is 4.90 Å². The first-order chi connectivity index (χ1) is 14.0. The van der Waals surface area contributed by atoms with E-state index in [0.29, 0.717) is 18.7 Å². The first kappa shape index (κ1) is 19.5. The summed E-state index contributed by atoms with van der Waals surface area (Å²) in [7, 11) is -3.31. The van der Waals surface area contributed by atoms with Crippen LogP contribution in [0.15, 0.2) is 72.8 Å². The monoisotopic (exact) mass is 409 g/mol. The number of nitrogens with zero attached hydrogens (tertiary/aromatic N) is 1. The van der Waals surface area contributed by atoms with E-state index in [4.69, 9.17) is 4.74 Å². The van der Waals surface area contributed by atoms with Crippen LogP contribution in [-0.4, -0.2) is 44.7 Å². The molecule has 5 nitrogen and oxygen atoms in total. The molecule has 1 atom stereocenters. The van der Waals surface area contributed by atoms with Gasteiger partial charge in [0.1, 0.15) is 5.75 Å². The fourth-order valence-corrected chi connectivity index (χ4v) is 5.52. The fourth-order valence-electron chi connectivity index (χ4n) is 3.73. The lowest BCUT2D eigenvalue weighted by atomic mass is 10.1. The second kappa shape index (κ2) is 8.25. The van der Waals surface area contributed by atoms with Crippen LogP contribution in [0.5, 0.6) is 5.75 Å². The van der Waals surface area contributed by atoms with Gasteiger partial charge in [-0.2, -0.15) is 0 Å². The van der Waals surface area contributed by atoms with Crippen molar-refractivity contribution in [3.8, 4) is 5.75 Å². The van der Waals surface area contributed by atoms with Crippen molar-refractivity contribution in [2.75, 3.05) is 25.4 Å². The average Bonchev–Trinajstić information content (AvgIpc) is 2.90. The van der Waals surface area contributed by atoms with Gasteiger partial charge in [0.2, 0.25) is 0 Å². The minimum absolute atomic E-state index is 0.0335. The second-order valence-corrected chi connectivity index (χ2v) is 9.54.